The average molecular weight is 282 g/mol. The van der Waals surface area contributed by atoms with Crippen LogP contribution >= 0.6 is 11.3 Å². The zero-order chi connectivity index (χ0) is 13.9. The molecule has 0 saturated heterocycles. The summed E-state index contributed by atoms with van der Waals surface area (Å²) in [5.74, 6) is -0.844. The molecule has 0 aliphatic heterocycles. The van der Waals surface area contributed by atoms with E-state index < -0.39 is 5.97 Å². The molecule has 1 saturated carbocycles. The van der Waals surface area contributed by atoms with E-state index in [4.69, 9.17) is 5.11 Å². The van der Waals surface area contributed by atoms with Gasteiger partial charge in [0.2, 0.25) is 0 Å². The first-order valence-corrected chi connectivity index (χ1v) is 7.60. The highest BCUT2D eigenvalue weighted by Crippen LogP contribution is 2.33. The number of likely N-dealkylation sites (N-methyl/N-ethyl adjacent to an activating group) is 1. The lowest BCUT2D eigenvalue weighted by atomic mass is 9.96. The quantitative estimate of drug-likeness (QED) is 0.841. The van der Waals surface area contributed by atoms with Crippen LogP contribution in [0.1, 0.15) is 40.9 Å². The predicted molar refractivity (Wildman–Crippen MR) is 77.9 cm³/mol. The van der Waals surface area contributed by atoms with Gasteiger partial charge in [0, 0.05) is 28.9 Å². The Kier molecular flexibility index (Phi) is 4.60. The molecule has 106 valence electrons. The lowest BCUT2D eigenvalue weighted by Gasteiger charge is -2.36. The number of carboxylic acid groups (broad SMARTS) is 1. The van der Waals surface area contributed by atoms with Crippen molar-refractivity contribution in [3.63, 3.8) is 0 Å². The van der Waals surface area contributed by atoms with E-state index >= 15 is 0 Å². The van der Waals surface area contributed by atoms with E-state index in [1.807, 2.05) is 0 Å². The van der Waals surface area contributed by atoms with Gasteiger partial charge in [-0.2, -0.15) is 0 Å². The van der Waals surface area contributed by atoms with Gasteiger partial charge in [-0.15, -0.1) is 11.3 Å². The highest BCUT2D eigenvalue weighted by atomic mass is 32.1. The number of rotatable bonds is 6. The molecule has 1 aliphatic carbocycles. The fourth-order valence-electron chi connectivity index (χ4n) is 2.82. The van der Waals surface area contributed by atoms with Crippen molar-refractivity contribution in [3.8, 4) is 0 Å². The fraction of sp³-hybridized carbons (Fsp3) is 0.643. The van der Waals surface area contributed by atoms with Crippen LogP contribution in [0.3, 0.4) is 0 Å². The van der Waals surface area contributed by atoms with Gasteiger partial charge in [0.1, 0.15) is 0 Å². The molecular formula is C14H22N2O2S. The highest BCUT2D eigenvalue weighted by molar-refractivity contribution is 7.10. The number of nitrogens with zero attached hydrogens (tertiary/aromatic N) is 1. The van der Waals surface area contributed by atoms with Gasteiger partial charge in [-0.3, -0.25) is 0 Å². The SMILES string of the molecule is CN(C)C1(CNCc2cc(C(=O)O)cs2)CCCC1. The molecule has 2 rings (SSSR count). The average Bonchev–Trinajstić information content (AvgIpc) is 2.98. The number of hydrogen-bond acceptors (Lipinski definition) is 4. The maximum Gasteiger partial charge on any atom is 0.336 e. The van der Waals surface area contributed by atoms with Crippen LogP contribution in [0.25, 0.3) is 0 Å². The van der Waals surface area contributed by atoms with Crippen molar-refractivity contribution >= 4 is 17.3 Å². The summed E-state index contributed by atoms with van der Waals surface area (Å²) >= 11 is 1.51. The van der Waals surface area contributed by atoms with E-state index in [1.165, 1.54) is 37.0 Å². The molecule has 19 heavy (non-hydrogen) atoms. The first kappa shape index (κ1) is 14.5. The van der Waals surface area contributed by atoms with Gasteiger partial charge in [-0.1, -0.05) is 12.8 Å². The van der Waals surface area contributed by atoms with E-state index in [0.717, 1.165) is 18.0 Å². The van der Waals surface area contributed by atoms with Gasteiger partial charge < -0.3 is 15.3 Å². The third-order valence-corrected chi connectivity index (χ3v) is 5.07. The summed E-state index contributed by atoms with van der Waals surface area (Å²) in [4.78, 5) is 14.2. The van der Waals surface area contributed by atoms with Gasteiger partial charge in [0.05, 0.1) is 5.56 Å². The monoisotopic (exact) mass is 282 g/mol. The molecule has 1 aliphatic rings. The molecule has 0 spiro atoms. The Hall–Kier alpha value is -0.910. The zero-order valence-corrected chi connectivity index (χ0v) is 12.4. The summed E-state index contributed by atoms with van der Waals surface area (Å²) in [6.45, 7) is 1.73. The van der Waals surface area contributed by atoms with E-state index in [2.05, 4.69) is 24.3 Å². The van der Waals surface area contributed by atoms with Crippen LogP contribution in [-0.4, -0.2) is 42.2 Å². The number of thiophene rings is 1. The van der Waals surface area contributed by atoms with Gasteiger partial charge >= 0.3 is 5.97 Å². The van der Waals surface area contributed by atoms with Crippen LogP contribution in [0.5, 0.6) is 0 Å². The molecular weight excluding hydrogens is 260 g/mol. The minimum absolute atomic E-state index is 0.285. The molecule has 4 nitrogen and oxygen atoms in total. The van der Waals surface area contributed by atoms with Gasteiger partial charge in [0.25, 0.3) is 0 Å². The summed E-state index contributed by atoms with van der Waals surface area (Å²) in [6, 6.07) is 1.76. The molecule has 1 fully saturated rings. The van der Waals surface area contributed by atoms with Crippen molar-refractivity contribution < 1.29 is 9.90 Å². The van der Waals surface area contributed by atoms with Crippen LogP contribution in [0, 0.1) is 0 Å². The second-order valence-electron chi connectivity index (χ2n) is 5.54. The highest BCUT2D eigenvalue weighted by Gasteiger charge is 2.35. The maximum atomic E-state index is 10.8. The Bertz CT molecular complexity index is 436. The molecule has 2 N–H and O–H groups in total. The van der Waals surface area contributed by atoms with Crippen LogP contribution in [0.4, 0.5) is 0 Å². The summed E-state index contributed by atoms with van der Waals surface area (Å²) < 4.78 is 0. The van der Waals surface area contributed by atoms with Crippen molar-refractivity contribution in [1.82, 2.24) is 10.2 Å². The van der Waals surface area contributed by atoms with E-state index in [1.54, 1.807) is 11.4 Å². The molecule has 0 unspecified atom stereocenters. The molecule has 1 heterocycles. The second-order valence-corrected chi connectivity index (χ2v) is 6.53. The second kappa shape index (κ2) is 6.03. The lowest BCUT2D eigenvalue weighted by molar-refractivity contribution is 0.0697. The standard InChI is InChI=1S/C14H22N2O2S/c1-16(2)14(5-3-4-6-14)10-15-8-12-7-11(9-19-12)13(17)18/h7,9,15H,3-6,8,10H2,1-2H3,(H,17,18). The Morgan fingerprint density at radius 1 is 1.47 bits per heavy atom. The number of carboxylic acids is 1. The Balaban J connectivity index is 1.86. The fourth-order valence-corrected chi connectivity index (χ4v) is 3.65. The topological polar surface area (TPSA) is 52.6 Å². The van der Waals surface area contributed by atoms with Gasteiger partial charge in [-0.25, -0.2) is 4.79 Å². The number of nitrogens with one attached hydrogen (secondary N) is 1. The van der Waals surface area contributed by atoms with Crippen molar-refractivity contribution in [3.05, 3.63) is 21.9 Å². The summed E-state index contributed by atoms with van der Waals surface area (Å²) in [6.07, 6.45) is 5.11. The first-order chi connectivity index (χ1) is 9.03. The molecule has 0 aromatic carbocycles. The van der Waals surface area contributed by atoms with E-state index in [9.17, 15) is 4.79 Å². The number of carbonyl (C=O) groups is 1. The van der Waals surface area contributed by atoms with Crippen molar-refractivity contribution in [1.29, 1.82) is 0 Å². The van der Waals surface area contributed by atoms with Crippen LogP contribution in [0.15, 0.2) is 11.4 Å². The largest absolute Gasteiger partial charge is 0.478 e. The third kappa shape index (κ3) is 3.35. The summed E-state index contributed by atoms with van der Waals surface area (Å²) in [5.41, 5.74) is 0.678. The van der Waals surface area contributed by atoms with Crippen LogP contribution in [-0.2, 0) is 6.54 Å². The van der Waals surface area contributed by atoms with Gasteiger partial charge in [0.15, 0.2) is 0 Å². The number of hydrogen-bond donors (Lipinski definition) is 2. The van der Waals surface area contributed by atoms with Crippen molar-refractivity contribution in [2.45, 2.75) is 37.8 Å². The minimum Gasteiger partial charge on any atom is -0.478 e. The van der Waals surface area contributed by atoms with Gasteiger partial charge in [-0.05, 0) is 33.0 Å². The van der Waals surface area contributed by atoms with Crippen molar-refractivity contribution in [2.75, 3.05) is 20.6 Å². The smallest absolute Gasteiger partial charge is 0.336 e. The Morgan fingerprint density at radius 2 is 2.16 bits per heavy atom. The normalized spacial score (nSPS) is 18.1. The Morgan fingerprint density at radius 3 is 2.68 bits per heavy atom. The Labute approximate surface area is 118 Å². The predicted octanol–water partition coefficient (Wildman–Crippen LogP) is 2.41. The zero-order valence-electron chi connectivity index (χ0n) is 11.6. The first-order valence-electron chi connectivity index (χ1n) is 6.72. The van der Waals surface area contributed by atoms with Crippen LogP contribution in [0.2, 0.25) is 0 Å². The van der Waals surface area contributed by atoms with Crippen LogP contribution < -0.4 is 5.32 Å². The van der Waals surface area contributed by atoms with E-state index in [0.29, 0.717) is 5.56 Å². The molecule has 1 aromatic rings. The third-order valence-electron chi connectivity index (χ3n) is 4.14. The molecule has 1 aromatic heterocycles. The molecule has 5 heteroatoms. The van der Waals surface area contributed by atoms with E-state index in [-0.39, 0.29) is 5.54 Å². The van der Waals surface area contributed by atoms with Crippen molar-refractivity contribution in [2.24, 2.45) is 0 Å². The lowest BCUT2D eigenvalue weighted by Crippen LogP contribution is -2.49. The molecule has 0 amide bonds. The molecule has 0 radical (unpaired) electrons. The molecule has 0 bridgehead atoms. The molecule has 0 atom stereocenters. The maximum absolute atomic E-state index is 10.8. The number of aromatic carboxylic acids is 1. The summed E-state index contributed by atoms with van der Waals surface area (Å²) in [7, 11) is 4.31. The minimum atomic E-state index is -0.844. The summed E-state index contributed by atoms with van der Waals surface area (Å²) in [5, 5.41) is 14.1.